The van der Waals surface area contributed by atoms with E-state index in [1.54, 1.807) is 46.1 Å². The normalized spacial score (nSPS) is 15.0. The first-order valence-corrected chi connectivity index (χ1v) is 11.7. The number of piperazine rings is 1. The number of amides is 1. The maximum atomic E-state index is 12.6. The first kappa shape index (κ1) is 25.1. The summed E-state index contributed by atoms with van der Waals surface area (Å²) in [6.07, 6.45) is 3.91. The van der Waals surface area contributed by atoms with E-state index in [1.165, 1.54) is 0 Å². The van der Waals surface area contributed by atoms with Gasteiger partial charge in [-0.3, -0.25) is 14.5 Å². The van der Waals surface area contributed by atoms with E-state index in [1.807, 2.05) is 25.1 Å². The van der Waals surface area contributed by atoms with Crippen molar-refractivity contribution in [3.63, 3.8) is 0 Å². The number of guanidine groups is 1. The minimum Gasteiger partial charge on any atom is -0.357 e. The Labute approximate surface area is 200 Å². The SMILES string of the molecule is CCNC(=NCCCS(=O)(=O)c1ccccc1)N1CCN(c2cnn(C)c2)C(=O)C1.I. The number of carbonyl (C=O) groups is 1. The number of aryl methyl sites for hydroxylation is 1. The van der Waals surface area contributed by atoms with Crippen molar-refractivity contribution in [2.75, 3.05) is 43.4 Å². The topological polar surface area (TPSA) is 99.9 Å². The van der Waals surface area contributed by atoms with Crippen LogP contribution in [0, 0.1) is 0 Å². The van der Waals surface area contributed by atoms with Crippen LogP contribution in [0.2, 0.25) is 0 Å². The summed E-state index contributed by atoms with van der Waals surface area (Å²) in [5, 5.41) is 7.33. The zero-order valence-electron chi connectivity index (χ0n) is 17.8. The van der Waals surface area contributed by atoms with E-state index in [9.17, 15) is 13.2 Å². The molecule has 0 atom stereocenters. The van der Waals surface area contributed by atoms with Gasteiger partial charge in [0, 0.05) is 39.4 Å². The highest BCUT2D eigenvalue weighted by atomic mass is 127. The van der Waals surface area contributed by atoms with Gasteiger partial charge in [-0.1, -0.05) is 18.2 Å². The van der Waals surface area contributed by atoms with Crippen LogP contribution in [0.5, 0.6) is 0 Å². The van der Waals surface area contributed by atoms with Gasteiger partial charge in [0.25, 0.3) is 0 Å². The fraction of sp³-hybridized carbons (Fsp3) is 0.450. The fourth-order valence-corrected chi connectivity index (χ4v) is 4.60. The highest BCUT2D eigenvalue weighted by molar-refractivity contribution is 14.0. The van der Waals surface area contributed by atoms with Crippen LogP contribution in [-0.4, -0.2) is 73.4 Å². The van der Waals surface area contributed by atoms with Crippen molar-refractivity contribution in [2.45, 2.75) is 18.2 Å². The molecule has 3 rings (SSSR count). The second kappa shape index (κ2) is 11.5. The fourth-order valence-electron chi connectivity index (χ4n) is 3.29. The molecular weight excluding hydrogens is 531 g/mol. The Morgan fingerprint density at radius 1 is 1.23 bits per heavy atom. The van der Waals surface area contributed by atoms with E-state index in [2.05, 4.69) is 15.4 Å². The summed E-state index contributed by atoms with van der Waals surface area (Å²) >= 11 is 0. The number of hydrogen-bond acceptors (Lipinski definition) is 5. The zero-order valence-corrected chi connectivity index (χ0v) is 20.9. The molecule has 31 heavy (non-hydrogen) atoms. The van der Waals surface area contributed by atoms with Crippen LogP contribution in [0.25, 0.3) is 0 Å². The molecule has 2 heterocycles. The number of carbonyl (C=O) groups excluding carboxylic acids is 1. The van der Waals surface area contributed by atoms with Crippen LogP contribution in [-0.2, 0) is 21.7 Å². The van der Waals surface area contributed by atoms with Crippen molar-refractivity contribution < 1.29 is 13.2 Å². The van der Waals surface area contributed by atoms with Crippen LogP contribution < -0.4 is 10.2 Å². The predicted octanol–water partition coefficient (Wildman–Crippen LogP) is 1.52. The summed E-state index contributed by atoms with van der Waals surface area (Å²) in [6, 6.07) is 8.44. The number of benzene rings is 1. The number of aromatic nitrogens is 2. The molecule has 1 aliphatic rings. The third-order valence-electron chi connectivity index (χ3n) is 4.79. The van der Waals surface area contributed by atoms with E-state index < -0.39 is 9.84 Å². The van der Waals surface area contributed by atoms with Crippen molar-refractivity contribution in [1.29, 1.82) is 0 Å². The number of halogens is 1. The van der Waals surface area contributed by atoms with Crippen LogP contribution in [0.15, 0.2) is 52.6 Å². The second-order valence-electron chi connectivity index (χ2n) is 7.06. The van der Waals surface area contributed by atoms with E-state index in [4.69, 9.17) is 0 Å². The van der Waals surface area contributed by atoms with Gasteiger partial charge in [-0.15, -0.1) is 24.0 Å². The van der Waals surface area contributed by atoms with Gasteiger partial charge in [0.2, 0.25) is 5.91 Å². The Bertz CT molecular complexity index is 993. The minimum atomic E-state index is -3.31. The molecule has 0 bridgehead atoms. The number of nitrogens with zero attached hydrogens (tertiary/aromatic N) is 5. The molecule has 1 saturated heterocycles. The van der Waals surface area contributed by atoms with Crippen molar-refractivity contribution in [1.82, 2.24) is 20.0 Å². The number of aliphatic imine (C=N–C) groups is 1. The van der Waals surface area contributed by atoms with Gasteiger partial charge in [-0.25, -0.2) is 8.42 Å². The summed E-state index contributed by atoms with van der Waals surface area (Å²) in [4.78, 5) is 21.1. The third-order valence-corrected chi connectivity index (χ3v) is 6.61. The molecule has 0 aliphatic carbocycles. The highest BCUT2D eigenvalue weighted by Crippen LogP contribution is 2.16. The Kier molecular flexibility index (Phi) is 9.29. The molecule has 1 fully saturated rings. The summed E-state index contributed by atoms with van der Waals surface area (Å²) in [6.45, 7) is 4.38. The molecule has 1 amide bonds. The molecule has 1 N–H and O–H groups in total. The lowest BCUT2D eigenvalue weighted by Gasteiger charge is -2.35. The lowest BCUT2D eigenvalue weighted by molar-refractivity contribution is -0.120. The predicted molar refractivity (Wildman–Crippen MR) is 132 cm³/mol. The van der Waals surface area contributed by atoms with Crippen molar-refractivity contribution in [2.24, 2.45) is 12.0 Å². The quantitative estimate of drug-likeness (QED) is 0.239. The number of hydrogen-bond donors (Lipinski definition) is 1. The molecule has 0 unspecified atom stereocenters. The standard InChI is InChI=1S/C20H28N6O3S.HI/c1-3-21-20(22-10-7-13-30(28,29)18-8-5-4-6-9-18)25-11-12-26(19(27)16-25)17-14-23-24(2)15-17;/h4-6,8-9,14-15H,3,7,10-13,16H2,1-2H3,(H,21,22);1H. The number of anilines is 1. The Balaban J connectivity index is 0.00000341. The van der Waals surface area contributed by atoms with Gasteiger partial charge < -0.3 is 15.1 Å². The van der Waals surface area contributed by atoms with Gasteiger partial charge >= 0.3 is 0 Å². The third kappa shape index (κ3) is 6.66. The second-order valence-corrected chi connectivity index (χ2v) is 9.17. The molecule has 11 heteroatoms. The Morgan fingerprint density at radius 2 is 1.97 bits per heavy atom. The van der Waals surface area contributed by atoms with E-state index in [0.29, 0.717) is 43.5 Å². The molecule has 1 aliphatic heterocycles. The van der Waals surface area contributed by atoms with Gasteiger partial charge in [0.15, 0.2) is 15.8 Å². The van der Waals surface area contributed by atoms with Gasteiger partial charge in [0.05, 0.1) is 22.5 Å². The van der Waals surface area contributed by atoms with E-state index in [-0.39, 0.29) is 42.2 Å². The molecule has 2 aromatic rings. The monoisotopic (exact) mass is 560 g/mol. The average Bonchev–Trinajstić information content (AvgIpc) is 3.17. The maximum Gasteiger partial charge on any atom is 0.246 e. The summed E-state index contributed by atoms with van der Waals surface area (Å²) in [5.74, 6) is 0.647. The largest absolute Gasteiger partial charge is 0.357 e. The molecule has 0 saturated carbocycles. The van der Waals surface area contributed by atoms with Crippen molar-refractivity contribution >= 4 is 51.4 Å². The lowest BCUT2D eigenvalue weighted by atomic mass is 10.3. The molecule has 1 aromatic carbocycles. The lowest BCUT2D eigenvalue weighted by Crippen LogP contribution is -2.55. The minimum absolute atomic E-state index is 0. The molecular formula is C20H29IN6O3S. The van der Waals surface area contributed by atoms with Gasteiger partial charge in [-0.2, -0.15) is 5.10 Å². The van der Waals surface area contributed by atoms with E-state index in [0.717, 1.165) is 5.69 Å². The van der Waals surface area contributed by atoms with E-state index >= 15 is 0 Å². The van der Waals surface area contributed by atoms with Crippen LogP contribution in [0.3, 0.4) is 0 Å². The summed E-state index contributed by atoms with van der Waals surface area (Å²) in [7, 11) is -1.49. The number of rotatable bonds is 7. The average molecular weight is 560 g/mol. The molecule has 9 nitrogen and oxygen atoms in total. The molecule has 1 aromatic heterocycles. The summed E-state index contributed by atoms with van der Waals surface area (Å²) < 4.78 is 26.4. The van der Waals surface area contributed by atoms with Crippen molar-refractivity contribution in [3.05, 3.63) is 42.7 Å². The zero-order chi connectivity index (χ0) is 21.6. The number of nitrogens with one attached hydrogen (secondary N) is 1. The summed E-state index contributed by atoms with van der Waals surface area (Å²) in [5.41, 5.74) is 0.787. The Morgan fingerprint density at radius 3 is 2.58 bits per heavy atom. The van der Waals surface area contributed by atoms with Crippen LogP contribution in [0.4, 0.5) is 5.69 Å². The van der Waals surface area contributed by atoms with Crippen molar-refractivity contribution in [3.8, 4) is 0 Å². The number of sulfone groups is 1. The van der Waals surface area contributed by atoms with Gasteiger partial charge in [0.1, 0.15) is 6.54 Å². The molecule has 0 radical (unpaired) electrons. The highest BCUT2D eigenvalue weighted by Gasteiger charge is 2.27. The van der Waals surface area contributed by atoms with Crippen LogP contribution >= 0.6 is 24.0 Å². The maximum absolute atomic E-state index is 12.6. The first-order chi connectivity index (χ1) is 14.4. The van der Waals surface area contributed by atoms with Gasteiger partial charge in [-0.05, 0) is 25.5 Å². The Hall–Kier alpha value is -2.15. The molecule has 170 valence electrons. The first-order valence-electron chi connectivity index (χ1n) is 10.0. The van der Waals surface area contributed by atoms with Crippen LogP contribution in [0.1, 0.15) is 13.3 Å². The molecule has 0 spiro atoms. The smallest absolute Gasteiger partial charge is 0.246 e.